The highest BCUT2D eigenvalue weighted by Gasteiger charge is 2.31. The molecule has 2 atom stereocenters. The normalized spacial score (nSPS) is 13.5. The Balaban J connectivity index is 4.33. The first-order chi connectivity index (χ1) is 25.6. The Morgan fingerprint density at radius 2 is 1.06 bits per heavy atom. The highest BCUT2D eigenvalue weighted by Crippen LogP contribution is 2.14. The molecule has 0 bridgehead atoms. The molecule has 306 valence electrons. The lowest BCUT2D eigenvalue weighted by Crippen LogP contribution is -2.50. The largest absolute Gasteiger partial charge is 0.477 e. The van der Waals surface area contributed by atoms with Crippen molar-refractivity contribution >= 4 is 17.9 Å². The summed E-state index contributed by atoms with van der Waals surface area (Å²) in [6.07, 6.45) is 41.5. The number of carboxylic acids is 1. The molecule has 8 heteroatoms. The fourth-order valence-corrected chi connectivity index (χ4v) is 5.91. The van der Waals surface area contributed by atoms with Crippen LogP contribution in [0, 0.1) is 0 Å². The van der Waals surface area contributed by atoms with Gasteiger partial charge in [0.15, 0.2) is 12.1 Å². The van der Waals surface area contributed by atoms with E-state index < -0.39 is 18.1 Å². The predicted molar refractivity (Wildman–Crippen MR) is 220 cm³/mol. The lowest BCUT2D eigenvalue weighted by molar-refractivity contribution is -0.887. The van der Waals surface area contributed by atoms with Gasteiger partial charge in [0.2, 0.25) is 0 Å². The molecule has 0 radical (unpaired) electrons. The van der Waals surface area contributed by atoms with Crippen LogP contribution in [-0.2, 0) is 28.6 Å². The monoisotopic (exact) mass is 747 g/mol. The van der Waals surface area contributed by atoms with Crippen LogP contribution in [0.25, 0.3) is 0 Å². The van der Waals surface area contributed by atoms with Crippen LogP contribution in [0.1, 0.15) is 168 Å². The number of carbonyl (C=O) groups excluding carboxylic acids is 2. The third-order valence-electron chi connectivity index (χ3n) is 9.21. The molecule has 8 nitrogen and oxygen atoms in total. The second-order valence-electron chi connectivity index (χ2n) is 15.2. The Morgan fingerprint density at radius 3 is 1.58 bits per heavy atom. The van der Waals surface area contributed by atoms with Crippen LogP contribution in [-0.4, -0.2) is 80.6 Å². The maximum Gasteiger partial charge on any atom is 0.362 e. The van der Waals surface area contributed by atoms with Gasteiger partial charge in [0.25, 0.3) is 0 Å². The average molecular weight is 747 g/mol. The molecule has 0 heterocycles. The van der Waals surface area contributed by atoms with Gasteiger partial charge < -0.3 is 23.8 Å². The van der Waals surface area contributed by atoms with Crippen molar-refractivity contribution in [3.8, 4) is 0 Å². The van der Waals surface area contributed by atoms with E-state index in [4.69, 9.17) is 14.2 Å². The molecule has 0 fully saturated rings. The number of ether oxygens (including phenoxy) is 3. The molecule has 1 N–H and O–H groups in total. The van der Waals surface area contributed by atoms with E-state index in [0.29, 0.717) is 19.3 Å². The van der Waals surface area contributed by atoms with E-state index in [-0.39, 0.29) is 36.2 Å². The predicted octanol–water partition coefficient (Wildman–Crippen LogP) is 11.2. The number of esters is 2. The first-order valence-electron chi connectivity index (χ1n) is 21.2. The van der Waals surface area contributed by atoms with Crippen molar-refractivity contribution in [1.82, 2.24) is 0 Å². The number of hydrogen-bond acceptors (Lipinski definition) is 6. The molecular formula is C45H80NO7+. The van der Waals surface area contributed by atoms with Crippen molar-refractivity contribution in [3.63, 3.8) is 0 Å². The number of hydrogen-bond donors (Lipinski definition) is 1. The maximum absolute atomic E-state index is 12.7. The summed E-state index contributed by atoms with van der Waals surface area (Å²) >= 11 is 0. The number of carboxylic acid groups (broad SMARTS) is 1. The number of allylic oxidation sites excluding steroid dienone is 8. The standard InChI is InChI=1S/C45H79NO7/c1-6-8-10-12-14-16-18-19-20-21-22-23-24-25-26-28-30-32-34-36-44(48)53-41(39-51-38-37-42(45(49)50)46(3,4)5)40-52-43(47)35-33-31-29-27-17-15-13-11-9-7-2/h8,10,13-16,19-20,41-42H,6-7,9,11-12,17-18,21-40H2,1-5H3/p+1/b10-8+,15-13+,16-14+,20-19+. The van der Waals surface area contributed by atoms with Crippen LogP contribution in [0.2, 0.25) is 0 Å². The van der Waals surface area contributed by atoms with Crippen LogP contribution < -0.4 is 0 Å². The number of aliphatic carboxylic acids is 1. The number of carbonyl (C=O) groups is 3. The van der Waals surface area contributed by atoms with E-state index in [9.17, 15) is 19.5 Å². The molecule has 53 heavy (non-hydrogen) atoms. The molecule has 0 saturated carbocycles. The summed E-state index contributed by atoms with van der Waals surface area (Å²) in [6, 6.07) is -0.616. The zero-order valence-electron chi connectivity index (χ0n) is 34.7. The SMILES string of the molecule is CC/C=C/C/C=C/C/C=C/CCCCCCCCCCCC(=O)OC(COCCC(C(=O)O)[N+](C)(C)C)COC(=O)CCCCCC/C=C/CCCC. The number of nitrogens with zero attached hydrogens (tertiary/aromatic N) is 1. The molecule has 0 aromatic rings. The quantitative estimate of drug-likeness (QED) is 0.0292. The van der Waals surface area contributed by atoms with Crippen molar-refractivity contribution in [3.05, 3.63) is 48.6 Å². The minimum atomic E-state index is -0.879. The molecule has 0 amide bonds. The third kappa shape index (κ3) is 34.8. The van der Waals surface area contributed by atoms with Crippen LogP contribution in [0.15, 0.2) is 48.6 Å². The van der Waals surface area contributed by atoms with Crippen LogP contribution in [0.4, 0.5) is 0 Å². The van der Waals surface area contributed by atoms with E-state index in [1.54, 1.807) is 0 Å². The third-order valence-corrected chi connectivity index (χ3v) is 9.21. The lowest BCUT2D eigenvalue weighted by atomic mass is 10.1. The summed E-state index contributed by atoms with van der Waals surface area (Å²) in [5, 5.41) is 9.60. The van der Waals surface area contributed by atoms with Gasteiger partial charge in [-0.25, -0.2) is 4.79 Å². The van der Waals surface area contributed by atoms with Crippen molar-refractivity contribution in [1.29, 1.82) is 0 Å². The summed E-state index contributed by atoms with van der Waals surface area (Å²) in [5.74, 6) is -1.49. The van der Waals surface area contributed by atoms with Gasteiger partial charge in [-0.2, -0.15) is 0 Å². The Labute approximate surface area is 325 Å². The highest BCUT2D eigenvalue weighted by atomic mass is 16.6. The van der Waals surface area contributed by atoms with Crippen molar-refractivity contribution in [2.75, 3.05) is 41.0 Å². The molecule has 0 rings (SSSR count). The van der Waals surface area contributed by atoms with Gasteiger partial charge in [-0.15, -0.1) is 0 Å². The Kier molecular flexibility index (Phi) is 34.4. The van der Waals surface area contributed by atoms with Crippen LogP contribution in [0.5, 0.6) is 0 Å². The molecule has 2 unspecified atom stereocenters. The second kappa shape index (κ2) is 36.3. The Bertz CT molecular complexity index is 1010. The number of unbranched alkanes of at least 4 members (excludes halogenated alkanes) is 15. The summed E-state index contributed by atoms with van der Waals surface area (Å²) < 4.78 is 17.2. The van der Waals surface area contributed by atoms with E-state index in [1.807, 2.05) is 21.1 Å². The molecule has 0 aliphatic heterocycles. The van der Waals surface area contributed by atoms with Gasteiger partial charge in [-0.1, -0.05) is 133 Å². The number of rotatable bonds is 37. The zero-order valence-corrected chi connectivity index (χ0v) is 34.7. The number of likely N-dealkylation sites (N-methyl/N-ethyl adjacent to an activating group) is 1. The molecular weight excluding hydrogens is 666 g/mol. The van der Waals surface area contributed by atoms with Gasteiger partial charge in [-0.05, 0) is 64.2 Å². The molecule has 0 aliphatic carbocycles. The molecule has 0 aromatic heterocycles. The summed E-state index contributed by atoms with van der Waals surface area (Å²) in [4.78, 5) is 36.9. The summed E-state index contributed by atoms with van der Waals surface area (Å²) in [5.41, 5.74) is 0. The minimum Gasteiger partial charge on any atom is -0.477 e. The van der Waals surface area contributed by atoms with Gasteiger partial charge in [0.05, 0.1) is 34.4 Å². The zero-order chi connectivity index (χ0) is 39.3. The topological polar surface area (TPSA) is 99.1 Å². The first-order valence-corrected chi connectivity index (χ1v) is 21.2. The van der Waals surface area contributed by atoms with E-state index >= 15 is 0 Å². The maximum atomic E-state index is 12.7. The van der Waals surface area contributed by atoms with Gasteiger partial charge in [-0.3, -0.25) is 9.59 Å². The van der Waals surface area contributed by atoms with Crippen LogP contribution in [0.3, 0.4) is 0 Å². The van der Waals surface area contributed by atoms with Gasteiger partial charge in [0.1, 0.15) is 6.61 Å². The Hall–Kier alpha value is -2.71. The second-order valence-corrected chi connectivity index (χ2v) is 15.2. The smallest absolute Gasteiger partial charge is 0.362 e. The molecule has 0 spiro atoms. The number of quaternary nitrogens is 1. The average Bonchev–Trinajstić information content (AvgIpc) is 3.11. The summed E-state index contributed by atoms with van der Waals surface area (Å²) in [6.45, 7) is 4.56. The highest BCUT2D eigenvalue weighted by molar-refractivity contribution is 5.72. The van der Waals surface area contributed by atoms with Crippen molar-refractivity contribution in [2.45, 2.75) is 180 Å². The fraction of sp³-hybridized carbons (Fsp3) is 0.756. The lowest BCUT2D eigenvalue weighted by Gasteiger charge is -2.31. The van der Waals surface area contributed by atoms with E-state index in [0.717, 1.165) is 83.5 Å². The minimum absolute atomic E-state index is 0.0547. The summed E-state index contributed by atoms with van der Waals surface area (Å²) in [7, 11) is 5.51. The van der Waals surface area contributed by atoms with Crippen LogP contribution >= 0.6 is 0 Å². The fourth-order valence-electron chi connectivity index (χ4n) is 5.91. The van der Waals surface area contributed by atoms with E-state index in [2.05, 4.69) is 62.5 Å². The van der Waals surface area contributed by atoms with Gasteiger partial charge in [0, 0.05) is 19.3 Å². The molecule has 0 aromatic carbocycles. The molecule has 0 aliphatic rings. The Morgan fingerprint density at radius 1 is 0.585 bits per heavy atom. The van der Waals surface area contributed by atoms with E-state index in [1.165, 1.54) is 51.4 Å². The van der Waals surface area contributed by atoms with Crippen molar-refractivity contribution < 1.29 is 38.2 Å². The molecule has 0 saturated heterocycles. The first kappa shape index (κ1) is 50.3. The van der Waals surface area contributed by atoms with Crippen molar-refractivity contribution in [2.24, 2.45) is 0 Å². The van der Waals surface area contributed by atoms with Gasteiger partial charge >= 0.3 is 17.9 Å².